The first-order chi connectivity index (χ1) is 14.6. The van der Waals surface area contributed by atoms with Crippen LogP contribution in [0, 0.1) is 11.8 Å². The van der Waals surface area contributed by atoms with Crippen LogP contribution >= 0.6 is 0 Å². The molecule has 31 heavy (non-hydrogen) atoms. The second kappa shape index (κ2) is 10.9. The monoisotopic (exact) mass is 430 g/mol. The summed E-state index contributed by atoms with van der Waals surface area (Å²) in [5.74, 6) is -1.70. The summed E-state index contributed by atoms with van der Waals surface area (Å²) in [6, 6.07) is 4.88. The van der Waals surface area contributed by atoms with Crippen LogP contribution in [0.15, 0.2) is 30.5 Å². The molecular formula is C23H34N4O4. The number of hydrogen-bond donors (Lipinski definition) is 5. The number of H-pyrrole nitrogens is 1. The highest BCUT2D eigenvalue weighted by Gasteiger charge is 2.29. The topological polar surface area (TPSA) is 137 Å². The number of amides is 2. The highest BCUT2D eigenvalue weighted by atomic mass is 16.4. The van der Waals surface area contributed by atoms with Gasteiger partial charge in [0.1, 0.15) is 12.1 Å². The Morgan fingerprint density at radius 3 is 2.19 bits per heavy atom. The number of rotatable bonds is 11. The summed E-state index contributed by atoms with van der Waals surface area (Å²) < 4.78 is 0. The van der Waals surface area contributed by atoms with E-state index in [0.29, 0.717) is 12.8 Å². The van der Waals surface area contributed by atoms with Gasteiger partial charge in [0, 0.05) is 23.5 Å². The van der Waals surface area contributed by atoms with Gasteiger partial charge in [-0.2, -0.15) is 0 Å². The predicted molar refractivity (Wildman–Crippen MR) is 120 cm³/mol. The highest BCUT2D eigenvalue weighted by Crippen LogP contribution is 2.19. The molecule has 8 nitrogen and oxygen atoms in total. The van der Waals surface area contributed by atoms with Crippen LogP contribution in [0.2, 0.25) is 0 Å². The number of carbonyl (C=O) groups excluding carboxylic acids is 2. The van der Waals surface area contributed by atoms with Crippen LogP contribution in [-0.4, -0.2) is 46.0 Å². The highest BCUT2D eigenvalue weighted by molar-refractivity contribution is 5.92. The lowest BCUT2D eigenvalue weighted by Crippen LogP contribution is -2.55. The van der Waals surface area contributed by atoms with Gasteiger partial charge in [0.15, 0.2) is 0 Å². The lowest BCUT2D eigenvalue weighted by atomic mass is 9.99. The van der Waals surface area contributed by atoms with Gasteiger partial charge in [-0.15, -0.1) is 0 Å². The Bertz CT molecular complexity index is 906. The number of aromatic nitrogens is 1. The fourth-order valence-electron chi connectivity index (χ4n) is 3.59. The third-order valence-corrected chi connectivity index (χ3v) is 5.12. The molecule has 8 heteroatoms. The van der Waals surface area contributed by atoms with E-state index >= 15 is 0 Å². The molecule has 0 saturated heterocycles. The summed E-state index contributed by atoms with van der Waals surface area (Å²) in [4.78, 5) is 40.4. The van der Waals surface area contributed by atoms with Gasteiger partial charge in [-0.25, -0.2) is 4.79 Å². The number of benzene rings is 1. The fraction of sp³-hybridized carbons (Fsp3) is 0.522. The number of aromatic amines is 1. The van der Waals surface area contributed by atoms with Crippen molar-refractivity contribution in [3.05, 3.63) is 36.0 Å². The lowest BCUT2D eigenvalue weighted by Gasteiger charge is -2.24. The maximum atomic E-state index is 12.9. The lowest BCUT2D eigenvalue weighted by molar-refractivity contribution is -0.142. The molecule has 0 radical (unpaired) electrons. The van der Waals surface area contributed by atoms with Crippen molar-refractivity contribution in [2.45, 2.75) is 65.1 Å². The van der Waals surface area contributed by atoms with Crippen molar-refractivity contribution in [2.75, 3.05) is 0 Å². The number of hydrogen-bond acceptors (Lipinski definition) is 4. The number of carboxylic acids is 1. The van der Waals surface area contributed by atoms with Gasteiger partial charge in [0.05, 0.1) is 6.04 Å². The van der Waals surface area contributed by atoms with E-state index in [1.54, 1.807) is 6.20 Å². The Morgan fingerprint density at radius 2 is 1.58 bits per heavy atom. The molecule has 2 aromatic rings. The van der Waals surface area contributed by atoms with Crippen molar-refractivity contribution in [2.24, 2.45) is 17.6 Å². The molecule has 1 heterocycles. The number of fused-ring (bicyclic) bond motifs is 1. The Kier molecular flexibility index (Phi) is 8.62. The number of nitrogens with two attached hydrogens (primary N) is 1. The van der Waals surface area contributed by atoms with Crippen LogP contribution in [0.1, 0.15) is 46.1 Å². The van der Waals surface area contributed by atoms with E-state index in [4.69, 9.17) is 5.73 Å². The van der Waals surface area contributed by atoms with Gasteiger partial charge in [-0.05, 0) is 36.3 Å². The van der Waals surface area contributed by atoms with Crippen LogP contribution in [0.4, 0.5) is 0 Å². The molecule has 1 aromatic heterocycles. The minimum absolute atomic E-state index is 0.120. The van der Waals surface area contributed by atoms with Crippen molar-refractivity contribution in [1.82, 2.24) is 15.6 Å². The zero-order chi connectivity index (χ0) is 23.1. The first-order valence-electron chi connectivity index (χ1n) is 10.7. The smallest absolute Gasteiger partial charge is 0.326 e. The van der Waals surface area contributed by atoms with E-state index in [-0.39, 0.29) is 18.3 Å². The van der Waals surface area contributed by atoms with Crippen LogP contribution < -0.4 is 16.4 Å². The minimum atomic E-state index is -1.13. The number of carbonyl (C=O) groups is 3. The van der Waals surface area contributed by atoms with E-state index < -0.39 is 35.9 Å². The molecule has 6 N–H and O–H groups in total. The summed E-state index contributed by atoms with van der Waals surface area (Å²) >= 11 is 0. The molecule has 0 aliphatic carbocycles. The van der Waals surface area contributed by atoms with E-state index in [2.05, 4.69) is 15.6 Å². The molecule has 0 spiro atoms. The second-order valence-electron chi connectivity index (χ2n) is 8.89. The van der Waals surface area contributed by atoms with Crippen LogP contribution in [0.5, 0.6) is 0 Å². The fourth-order valence-corrected chi connectivity index (χ4v) is 3.59. The first kappa shape index (κ1) is 24.4. The van der Waals surface area contributed by atoms with Crippen molar-refractivity contribution < 1.29 is 19.5 Å². The molecule has 170 valence electrons. The summed E-state index contributed by atoms with van der Waals surface area (Å²) in [6.07, 6.45) is 2.76. The number of aliphatic carboxylic acids is 1. The average Bonchev–Trinajstić information content (AvgIpc) is 3.08. The first-order valence-corrected chi connectivity index (χ1v) is 10.7. The summed E-state index contributed by atoms with van der Waals surface area (Å²) in [6.45, 7) is 7.80. The maximum absolute atomic E-state index is 12.9. The van der Waals surface area contributed by atoms with Crippen molar-refractivity contribution in [3.63, 3.8) is 0 Å². The Balaban J connectivity index is 2.12. The molecule has 0 saturated carbocycles. The second-order valence-corrected chi connectivity index (χ2v) is 8.89. The SMILES string of the molecule is CC(C)CC(N)C(=O)NC(CC(C)C)C(=O)NC(Cc1c[nH]c2ccccc12)C(=O)O. The van der Waals surface area contributed by atoms with Crippen LogP contribution in [0.25, 0.3) is 10.9 Å². The zero-order valence-electron chi connectivity index (χ0n) is 18.6. The molecule has 0 fully saturated rings. The quantitative estimate of drug-likeness (QED) is 0.372. The Labute approximate surface area is 183 Å². The molecular weight excluding hydrogens is 396 g/mol. The summed E-state index contributed by atoms with van der Waals surface area (Å²) in [5, 5.41) is 15.9. The maximum Gasteiger partial charge on any atom is 0.326 e. The Hall–Kier alpha value is -2.87. The van der Waals surface area contributed by atoms with E-state index in [9.17, 15) is 19.5 Å². The number of nitrogens with one attached hydrogen (secondary N) is 3. The van der Waals surface area contributed by atoms with Crippen LogP contribution in [-0.2, 0) is 20.8 Å². The molecule has 1 aromatic carbocycles. The third-order valence-electron chi connectivity index (χ3n) is 5.12. The largest absolute Gasteiger partial charge is 0.480 e. The standard InChI is InChI=1S/C23H34N4O4/c1-13(2)9-17(24)21(28)26-19(10-14(3)4)22(29)27-20(23(30)31)11-15-12-25-18-8-6-5-7-16(15)18/h5-8,12-14,17,19-20,25H,9-11,24H2,1-4H3,(H,26,28)(H,27,29)(H,30,31). The van der Waals surface area contributed by atoms with Gasteiger partial charge in [-0.1, -0.05) is 45.9 Å². The molecule has 2 rings (SSSR count). The molecule has 0 bridgehead atoms. The summed E-state index contributed by atoms with van der Waals surface area (Å²) in [7, 11) is 0. The minimum Gasteiger partial charge on any atom is -0.480 e. The predicted octanol–water partition coefficient (Wildman–Crippen LogP) is 2.18. The normalized spacial score (nSPS) is 14.4. The van der Waals surface area contributed by atoms with E-state index in [1.807, 2.05) is 52.0 Å². The molecule has 0 aliphatic heterocycles. The van der Waals surface area contributed by atoms with Gasteiger partial charge in [-0.3, -0.25) is 9.59 Å². The van der Waals surface area contributed by atoms with Gasteiger partial charge >= 0.3 is 5.97 Å². The third kappa shape index (κ3) is 7.10. The zero-order valence-corrected chi connectivity index (χ0v) is 18.6. The molecule has 3 unspecified atom stereocenters. The molecule has 3 atom stereocenters. The van der Waals surface area contributed by atoms with Crippen LogP contribution in [0.3, 0.4) is 0 Å². The number of para-hydroxylation sites is 1. The summed E-state index contributed by atoms with van der Waals surface area (Å²) in [5.41, 5.74) is 7.65. The average molecular weight is 431 g/mol. The van der Waals surface area contributed by atoms with Crippen molar-refractivity contribution in [1.29, 1.82) is 0 Å². The van der Waals surface area contributed by atoms with Gasteiger partial charge in [0.2, 0.25) is 11.8 Å². The molecule has 0 aliphatic rings. The van der Waals surface area contributed by atoms with Gasteiger partial charge < -0.3 is 26.5 Å². The van der Waals surface area contributed by atoms with Crippen molar-refractivity contribution >= 4 is 28.7 Å². The van der Waals surface area contributed by atoms with E-state index in [1.165, 1.54) is 0 Å². The van der Waals surface area contributed by atoms with E-state index in [0.717, 1.165) is 16.5 Å². The molecule has 2 amide bonds. The van der Waals surface area contributed by atoms with Crippen molar-refractivity contribution in [3.8, 4) is 0 Å². The number of carboxylic acid groups (broad SMARTS) is 1. The Morgan fingerprint density at radius 1 is 0.968 bits per heavy atom. The van der Waals surface area contributed by atoms with Gasteiger partial charge in [0.25, 0.3) is 0 Å².